The molecule has 1 heterocycles. The minimum absolute atomic E-state index is 0.0548. The molecule has 0 bridgehead atoms. The summed E-state index contributed by atoms with van der Waals surface area (Å²) in [6.07, 6.45) is 1.32. The lowest BCUT2D eigenvalue weighted by Crippen LogP contribution is -2.28. The van der Waals surface area contributed by atoms with Gasteiger partial charge in [-0.3, -0.25) is 14.2 Å². The van der Waals surface area contributed by atoms with Crippen molar-refractivity contribution in [2.75, 3.05) is 5.32 Å². The van der Waals surface area contributed by atoms with Gasteiger partial charge in [-0.25, -0.2) is 18.5 Å². The highest BCUT2D eigenvalue weighted by Gasteiger charge is 2.10. The Hall–Kier alpha value is -3.04. The Bertz CT molecular complexity index is 1150. The number of amides is 1. The molecule has 0 aliphatic rings. The zero-order valence-electron chi connectivity index (χ0n) is 13.8. The van der Waals surface area contributed by atoms with Crippen molar-refractivity contribution in [3.63, 3.8) is 0 Å². The third-order valence-electron chi connectivity index (χ3n) is 3.76. The number of benzene rings is 2. The Labute approximate surface area is 149 Å². The fourth-order valence-electron chi connectivity index (χ4n) is 2.47. The average molecular weight is 372 g/mol. The molecule has 1 amide bonds. The fourth-order valence-corrected chi connectivity index (χ4v) is 2.98. The highest BCUT2D eigenvalue weighted by Crippen LogP contribution is 2.13. The van der Waals surface area contributed by atoms with Gasteiger partial charge < -0.3 is 5.32 Å². The zero-order valence-corrected chi connectivity index (χ0v) is 14.7. The van der Waals surface area contributed by atoms with Crippen LogP contribution in [0.2, 0.25) is 0 Å². The molecule has 2 aromatic carbocycles. The van der Waals surface area contributed by atoms with Gasteiger partial charge in [0, 0.05) is 5.69 Å². The van der Waals surface area contributed by atoms with Gasteiger partial charge in [-0.2, -0.15) is 0 Å². The molecule has 0 aliphatic heterocycles. The summed E-state index contributed by atoms with van der Waals surface area (Å²) in [4.78, 5) is 28.8. The van der Waals surface area contributed by atoms with Gasteiger partial charge in [0.25, 0.3) is 5.56 Å². The number of primary sulfonamides is 1. The van der Waals surface area contributed by atoms with Gasteiger partial charge in [0.2, 0.25) is 15.9 Å². The molecule has 0 aliphatic carbocycles. The summed E-state index contributed by atoms with van der Waals surface area (Å²) >= 11 is 0. The third kappa shape index (κ3) is 3.79. The van der Waals surface area contributed by atoms with Crippen LogP contribution in [0.25, 0.3) is 10.9 Å². The number of anilines is 1. The smallest absolute Gasteiger partial charge is 0.261 e. The van der Waals surface area contributed by atoms with Crippen LogP contribution >= 0.6 is 0 Å². The van der Waals surface area contributed by atoms with E-state index in [-0.39, 0.29) is 17.0 Å². The molecule has 134 valence electrons. The molecule has 0 saturated heterocycles. The van der Waals surface area contributed by atoms with Crippen molar-refractivity contribution in [2.45, 2.75) is 18.4 Å². The van der Waals surface area contributed by atoms with Crippen molar-refractivity contribution in [1.82, 2.24) is 9.55 Å². The first-order valence-corrected chi connectivity index (χ1v) is 9.17. The van der Waals surface area contributed by atoms with Crippen LogP contribution in [-0.2, 0) is 21.4 Å². The maximum Gasteiger partial charge on any atom is 0.261 e. The fraction of sp³-hybridized carbons (Fsp3) is 0.118. The highest BCUT2D eigenvalue weighted by atomic mass is 32.2. The number of nitrogens with zero attached hydrogens (tertiary/aromatic N) is 2. The lowest BCUT2D eigenvalue weighted by Gasteiger charge is -2.09. The predicted octanol–water partition coefficient (Wildman–Crippen LogP) is 0.991. The van der Waals surface area contributed by atoms with Gasteiger partial charge in [-0.05, 0) is 43.3 Å². The highest BCUT2D eigenvalue weighted by molar-refractivity contribution is 7.89. The van der Waals surface area contributed by atoms with Crippen molar-refractivity contribution >= 4 is 32.5 Å². The summed E-state index contributed by atoms with van der Waals surface area (Å²) in [6.45, 7) is 1.65. The van der Waals surface area contributed by atoms with Gasteiger partial charge in [0.15, 0.2) is 0 Å². The second kappa shape index (κ2) is 6.70. The molecule has 3 aromatic rings. The molecule has 26 heavy (non-hydrogen) atoms. The number of fused-ring (bicyclic) bond motifs is 1. The van der Waals surface area contributed by atoms with E-state index in [1.807, 2.05) is 13.0 Å². The molecule has 0 spiro atoms. The molecule has 0 atom stereocenters. The molecule has 3 rings (SSSR count). The number of hydrogen-bond donors (Lipinski definition) is 2. The van der Waals surface area contributed by atoms with Crippen LogP contribution in [0.5, 0.6) is 0 Å². The standard InChI is InChI=1S/C17H16N4O4S/c1-11-2-7-15-14(8-11)17(23)21(10-19-15)9-16(22)20-12-3-5-13(6-4-12)26(18,24)25/h2-8,10H,9H2,1H3,(H,20,22)(H2,18,24,25). The van der Waals surface area contributed by atoms with Crippen LogP contribution in [0, 0.1) is 6.92 Å². The topological polar surface area (TPSA) is 124 Å². The molecule has 8 nitrogen and oxygen atoms in total. The maximum absolute atomic E-state index is 12.5. The maximum atomic E-state index is 12.5. The van der Waals surface area contributed by atoms with Gasteiger partial charge in [0.1, 0.15) is 6.54 Å². The Kier molecular flexibility index (Phi) is 4.58. The van der Waals surface area contributed by atoms with E-state index in [1.54, 1.807) is 12.1 Å². The van der Waals surface area contributed by atoms with Crippen molar-refractivity contribution < 1.29 is 13.2 Å². The van der Waals surface area contributed by atoms with Crippen LogP contribution in [0.15, 0.2) is 58.5 Å². The minimum atomic E-state index is -3.79. The van der Waals surface area contributed by atoms with Crippen LogP contribution in [0.4, 0.5) is 5.69 Å². The zero-order chi connectivity index (χ0) is 18.9. The van der Waals surface area contributed by atoms with Gasteiger partial charge in [-0.15, -0.1) is 0 Å². The molecule has 0 fully saturated rings. The molecule has 3 N–H and O–H groups in total. The summed E-state index contributed by atoms with van der Waals surface area (Å²) in [5.41, 5.74) is 1.57. The number of carbonyl (C=O) groups excluding carboxylic acids is 1. The van der Waals surface area contributed by atoms with Crippen molar-refractivity contribution in [3.05, 3.63) is 64.7 Å². The molecular weight excluding hydrogens is 356 g/mol. The SMILES string of the molecule is Cc1ccc2ncn(CC(=O)Nc3ccc(S(N)(=O)=O)cc3)c(=O)c2c1. The summed E-state index contributed by atoms with van der Waals surface area (Å²) in [5.74, 6) is -0.441. The first kappa shape index (κ1) is 17.8. The summed E-state index contributed by atoms with van der Waals surface area (Å²) in [6, 6.07) is 10.8. The van der Waals surface area contributed by atoms with E-state index in [1.165, 1.54) is 35.2 Å². The monoisotopic (exact) mass is 372 g/mol. The van der Waals surface area contributed by atoms with Crippen LogP contribution in [0.3, 0.4) is 0 Å². The van der Waals surface area contributed by atoms with Crippen LogP contribution < -0.4 is 16.0 Å². The quantitative estimate of drug-likeness (QED) is 0.707. The average Bonchev–Trinajstić information content (AvgIpc) is 2.57. The van der Waals surface area contributed by atoms with E-state index >= 15 is 0 Å². The summed E-state index contributed by atoms with van der Waals surface area (Å²) in [5, 5.41) is 8.06. The Morgan fingerprint density at radius 1 is 1.19 bits per heavy atom. The van der Waals surface area contributed by atoms with E-state index in [0.717, 1.165) is 5.56 Å². The van der Waals surface area contributed by atoms with Crippen LogP contribution in [-0.4, -0.2) is 23.9 Å². The number of carbonyl (C=O) groups is 1. The lowest BCUT2D eigenvalue weighted by molar-refractivity contribution is -0.116. The Balaban J connectivity index is 1.79. The van der Waals surface area contributed by atoms with Crippen molar-refractivity contribution in [1.29, 1.82) is 0 Å². The second-order valence-electron chi connectivity index (χ2n) is 5.82. The number of aryl methyl sites for hydroxylation is 1. The van der Waals surface area contributed by atoms with Crippen molar-refractivity contribution in [2.24, 2.45) is 5.14 Å². The molecule has 9 heteroatoms. The van der Waals surface area contributed by atoms with Gasteiger partial charge >= 0.3 is 0 Å². The molecule has 0 saturated carbocycles. The summed E-state index contributed by atoms with van der Waals surface area (Å²) in [7, 11) is -3.79. The predicted molar refractivity (Wildman–Crippen MR) is 97.2 cm³/mol. The number of rotatable bonds is 4. The number of sulfonamides is 1. The molecular formula is C17H16N4O4S. The van der Waals surface area contributed by atoms with Gasteiger partial charge in [0.05, 0.1) is 22.1 Å². The first-order valence-electron chi connectivity index (χ1n) is 7.62. The van der Waals surface area contributed by atoms with Crippen LogP contribution in [0.1, 0.15) is 5.56 Å². The third-order valence-corrected chi connectivity index (χ3v) is 4.69. The van der Waals surface area contributed by atoms with E-state index in [0.29, 0.717) is 16.6 Å². The van der Waals surface area contributed by atoms with E-state index in [2.05, 4.69) is 10.3 Å². The molecule has 0 radical (unpaired) electrons. The van der Waals surface area contributed by atoms with Crippen molar-refractivity contribution in [3.8, 4) is 0 Å². The number of hydrogen-bond acceptors (Lipinski definition) is 5. The summed E-state index contributed by atoms with van der Waals surface area (Å²) < 4.78 is 23.7. The Morgan fingerprint density at radius 2 is 1.88 bits per heavy atom. The van der Waals surface area contributed by atoms with E-state index in [4.69, 9.17) is 5.14 Å². The number of nitrogens with one attached hydrogen (secondary N) is 1. The second-order valence-corrected chi connectivity index (χ2v) is 7.38. The van der Waals surface area contributed by atoms with E-state index < -0.39 is 15.9 Å². The van der Waals surface area contributed by atoms with E-state index in [9.17, 15) is 18.0 Å². The number of nitrogens with two attached hydrogens (primary N) is 1. The minimum Gasteiger partial charge on any atom is -0.325 e. The molecule has 1 aromatic heterocycles. The Morgan fingerprint density at radius 3 is 2.54 bits per heavy atom. The van der Waals surface area contributed by atoms with Gasteiger partial charge in [-0.1, -0.05) is 11.6 Å². The first-order chi connectivity index (χ1) is 12.2. The molecule has 0 unspecified atom stereocenters. The lowest BCUT2D eigenvalue weighted by atomic mass is 10.2. The normalized spacial score (nSPS) is 11.5. The largest absolute Gasteiger partial charge is 0.325 e. The number of aromatic nitrogens is 2.